The number of amides is 2. The van der Waals surface area contributed by atoms with E-state index in [0.717, 1.165) is 26.8 Å². The van der Waals surface area contributed by atoms with Crippen molar-refractivity contribution in [3.63, 3.8) is 0 Å². The molecule has 4 N–H and O–H groups in total. The van der Waals surface area contributed by atoms with E-state index in [0.29, 0.717) is 12.1 Å². The van der Waals surface area contributed by atoms with Crippen LogP contribution in [-0.4, -0.2) is 28.3 Å². The highest BCUT2D eigenvalue weighted by Crippen LogP contribution is 2.23. The minimum Gasteiger partial charge on any atom is -0.368 e. The van der Waals surface area contributed by atoms with Gasteiger partial charge in [0.1, 0.15) is 12.1 Å². The summed E-state index contributed by atoms with van der Waals surface area (Å²) in [4.78, 5) is 31.1. The van der Waals surface area contributed by atoms with Crippen LogP contribution in [0.1, 0.15) is 15.9 Å². The fourth-order valence-corrected chi connectivity index (χ4v) is 2.76. The number of aromatic nitrogens is 2. The number of carbonyl (C=O) groups excluding carboxylic acids is 2. The molecule has 0 spiro atoms. The van der Waals surface area contributed by atoms with E-state index >= 15 is 0 Å². The van der Waals surface area contributed by atoms with Gasteiger partial charge in [-0.15, -0.1) is 0 Å². The Bertz CT molecular complexity index is 959. The van der Waals surface area contributed by atoms with E-state index in [4.69, 9.17) is 5.73 Å². The summed E-state index contributed by atoms with van der Waals surface area (Å²) >= 11 is 3.46. The Morgan fingerprint density at radius 2 is 1.85 bits per heavy atom. The van der Waals surface area contributed by atoms with Crippen molar-refractivity contribution in [1.29, 1.82) is 0 Å². The molecular formula is C18H16BrN5O2. The third-order valence-corrected chi connectivity index (χ3v) is 4.19. The zero-order valence-corrected chi connectivity index (χ0v) is 15.3. The molecule has 0 saturated heterocycles. The topological polar surface area (TPSA) is 110 Å². The SMILES string of the molecule is NC(=O)CNC(=O)c1ccc(CNc2ncnc3ccc(Br)cc23)cc1. The fraction of sp³-hybridized carbons (Fsp3) is 0.111. The van der Waals surface area contributed by atoms with E-state index in [1.807, 2.05) is 30.3 Å². The number of fused-ring (bicyclic) bond motifs is 1. The Morgan fingerprint density at radius 3 is 2.58 bits per heavy atom. The molecule has 1 aromatic heterocycles. The summed E-state index contributed by atoms with van der Waals surface area (Å²) in [6.07, 6.45) is 1.52. The van der Waals surface area contributed by atoms with E-state index in [2.05, 4.69) is 36.5 Å². The number of anilines is 1. The van der Waals surface area contributed by atoms with Crippen molar-refractivity contribution in [3.8, 4) is 0 Å². The summed E-state index contributed by atoms with van der Waals surface area (Å²) in [7, 11) is 0. The van der Waals surface area contributed by atoms with Crippen LogP contribution in [0.5, 0.6) is 0 Å². The number of carbonyl (C=O) groups is 2. The second-order valence-corrected chi connectivity index (χ2v) is 6.50. The smallest absolute Gasteiger partial charge is 0.251 e. The second-order valence-electron chi connectivity index (χ2n) is 5.58. The zero-order valence-electron chi connectivity index (χ0n) is 13.7. The summed E-state index contributed by atoms with van der Waals surface area (Å²) in [5.74, 6) is -0.183. The molecule has 3 rings (SSSR count). The first-order valence-electron chi connectivity index (χ1n) is 7.82. The van der Waals surface area contributed by atoms with Crippen molar-refractivity contribution >= 4 is 44.5 Å². The Hall–Kier alpha value is -3.00. The molecule has 2 aromatic carbocycles. The monoisotopic (exact) mass is 413 g/mol. The molecule has 0 fully saturated rings. The third kappa shape index (κ3) is 4.34. The molecule has 26 heavy (non-hydrogen) atoms. The largest absolute Gasteiger partial charge is 0.368 e. The number of nitrogens with one attached hydrogen (secondary N) is 2. The molecule has 0 aliphatic rings. The van der Waals surface area contributed by atoms with Crippen LogP contribution in [0.25, 0.3) is 10.9 Å². The maximum atomic E-state index is 11.9. The molecule has 0 aliphatic heterocycles. The van der Waals surface area contributed by atoms with E-state index in [1.54, 1.807) is 12.1 Å². The van der Waals surface area contributed by atoms with Crippen LogP contribution in [0, 0.1) is 0 Å². The fourth-order valence-electron chi connectivity index (χ4n) is 2.40. The van der Waals surface area contributed by atoms with Crippen LogP contribution in [0.3, 0.4) is 0 Å². The molecule has 0 saturated carbocycles. The summed E-state index contributed by atoms with van der Waals surface area (Å²) in [5.41, 5.74) is 7.31. The molecule has 0 bridgehead atoms. The summed E-state index contributed by atoms with van der Waals surface area (Å²) in [6.45, 7) is 0.361. The number of primary amides is 1. The van der Waals surface area contributed by atoms with Crippen LogP contribution < -0.4 is 16.4 Å². The Kier molecular flexibility index (Phi) is 5.43. The van der Waals surface area contributed by atoms with Crippen LogP contribution in [0.4, 0.5) is 5.82 Å². The molecule has 7 nitrogen and oxygen atoms in total. The van der Waals surface area contributed by atoms with Gasteiger partial charge in [-0.05, 0) is 35.9 Å². The van der Waals surface area contributed by atoms with E-state index in [-0.39, 0.29) is 12.5 Å². The number of benzene rings is 2. The van der Waals surface area contributed by atoms with Gasteiger partial charge in [0.05, 0.1) is 12.1 Å². The summed E-state index contributed by atoms with van der Waals surface area (Å²) < 4.78 is 0.953. The maximum absolute atomic E-state index is 11.9. The summed E-state index contributed by atoms with van der Waals surface area (Å²) in [5, 5.41) is 6.66. The lowest BCUT2D eigenvalue weighted by molar-refractivity contribution is -0.117. The molecule has 8 heteroatoms. The quantitative estimate of drug-likeness (QED) is 0.573. The first-order valence-corrected chi connectivity index (χ1v) is 8.62. The first kappa shape index (κ1) is 17.8. The number of nitrogens with two attached hydrogens (primary N) is 1. The zero-order chi connectivity index (χ0) is 18.5. The van der Waals surface area contributed by atoms with Crippen LogP contribution in [-0.2, 0) is 11.3 Å². The Labute approximate surface area is 158 Å². The lowest BCUT2D eigenvalue weighted by atomic mass is 10.1. The van der Waals surface area contributed by atoms with Gasteiger partial charge in [-0.25, -0.2) is 9.97 Å². The lowest BCUT2D eigenvalue weighted by Crippen LogP contribution is -2.33. The van der Waals surface area contributed by atoms with Crippen molar-refractivity contribution in [2.75, 3.05) is 11.9 Å². The maximum Gasteiger partial charge on any atom is 0.251 e. The highest BCUT2D eigenvalue weighted by atomic mass is 79.9. The average molecular weight is 414 g/mol. The Morgan fingerprint density at radius 1 is 1.08 bits per heavy atom. The van der Waals surface area contributed by atoms with Gasteiger partial charge in [0.15, 0.2) is 0 Å². The Balaban J connectivity index is 1.68. The third-order valence-electron chi connectivity index (χ3n) is 3.70. The molecule has 0 radical (unpaired) electrons. The van der Waals surface area contributed by atoms with Gasteiger partial charge in [-0.1, -0.05) is 28.1 Å². The highest BCUT2D eigenvalue weighted by Gasteiger charge is 2.07. The standard InChI is InChI=1S/C18H16BrN5O2/c19-13-5-6-15-14(7-13)17(24-10-23-15)21-8-11-1-3-12(4-2-11)18(26)22-9-16(20)25/h1-7,10H,8-9H2,(H2,20,25)(H,22,26)(H,21,23,24). The summed E-state index contributed by atoms with van der Waals surface area (Å²) in [6, 6.07) is 12.9. The van der Waals surface area contributed by atoms with Gasteiger partial charge in [-0.2, -0.15) is 0 Å². The van der Waals surface area contributed by atoms with Crippen molar-refractivity contribution in [2.45, 2.75) is 6.54 Å². The van der Waals surface area contributed by atoms with Gasteiger partial charge in [-0.3, -0.25) is 9.59 Å². The minimum absolute atomic E-state index is 0.182. The normalized spacial score (nSPS) is 10.5. The van der Waals surface area contributed by atoms with E-state index in [1.165, 1.54) is 6.33 Å². The molecular weight excluding hydrogens is 398 g/mol. The number of hydrogen-bond acceptors (Lipinski definition) is 5. The molecule has 1 heterocycles. The van der Waals surface area contributed by atoms with Gasteiger partial charge in [0, 0.05) is 22.0 Å². The van der Waals surface area contributed by atoms with Crippen molar-refractivity contribution in [1.82, 2.24) is 15.3 Å². The van der Waals surface area contributed by atoms with Crippen LogP contribution >= 0.6 is 15.9 Å². The molecule has 0 atom stereocenters. The number of hydrogen-bond donors (Lipinski definition) is 3. The van der Waals surface area contributed by atoms with Gasteiger partial charge < -0.3 is 16.4 Å². The van der Waals surface area contributed by atoms with Crippen LogP contribution in [0.15, 0.2) is 53.3 Å². The van der Waals surface area contributed by atoms with E-state index < -0.39 is 5.91 Å². The molecule has 2 amide bonds. The number of rotatable bonds is 6. The van der Waals surface area contributed by atoms with Crippen LogP contribution in [0.2, 0.25) is 0 Å². The minimum atomic E-state index is -0.581. The second kappa shape index (κ2) is 7.92. The van der Waals surface area contributed by atoms with Crippen molar-refractivity contribution in [2.24, 2.45) is 5.73 Å². The van der Waals surface area contributed by atoms with Crippen molar-refractivity contribution < 1.29 is 9.59 Å². The number of halogens is 1. The number of nitrogens with zero attached hydrogens (tertiary/aromatic N) is 2. The average Bonchev–Trinajstić information content (AvgIpc) is 2.64. The van der Waals surface area contributed by atoms with Gasteiger partial charge in [0.25, 0.3) is 5.91 Å². The highest BCUT2D eigenvalue weighted by molar-refractivity contribution is 9.10. The van der Waals surface area contributed by atoms with Gasteiger partial charge in [0.2, 0.25) is 5.91 Å². The predicted molar refractivity (Wildman–Crippen MR) is 103 cm³/mol. The first-order chi connectivity index (χ1) is 12.5. The van der Waals surface area contributed by atoms with Crippen molar-refractivity contribution in [3.05, 3.63) is 64.4 Å². The van der Waals surface area contributed by atoms with E-state index in [9.17, 15) is 9.59 Å². The molecule has 0 unspecified atom stereocenters. The predicted octanol–water partition coefficient (Wildman–Crippen LogP) is 2.22. The van der Waals surface area contributed by atoms with Gasteiger partial charge >= 0.3 is 0 Å². The lowest BCUT2D eigenvalue weighted by Gasteiger charge is -2.09. The molecule has 0 aliphatic carbocycles. The molecule has 3 aromatic rings. The molecule has 132 valence electrons.